The SMILES string of the molecule is Cc1nc(-c2ccco2)nc2sc(C(=O)Nc3cccc(F)c3)c(C)c12. The number of rotatable bonds is 3. The number of aromatic nitrogens is 2. The van der Waals surface area contributed by atoms with E-state index < -0.39 is 5.82 Å². The van der Waals surface area contributed by atoms with Crippen LogP contribution < -0.4 is 5.32 Å². The topological polar surface area (TPSA) is 68.0 Å². The Morgan fingerprint density at radius 3 is 2.77 bits per heavy atom. The van der Waals surface area contributed by atoms with E-state index in [1.54, 1.807) is 30.5 Å². The molecule has 0 unspecified atom stereocenters. The fraction of sp³-hybridized carbons (Fsp3) is 0.105. The van der Waals surface area contributed by atoms with Gasteiger partial charge in [0, 0.05) is 11.1 Å². The summed E-state index contributed by atoms with van der Waals surface area (Å²) in [7, 11) is 0. The first-order valence-electron chi connectivity index (χ1n) is 7.91. The molecule has 4 aromatic rings. The summed E-state index contributed by atoms with van der Waals surface area (Å²) in [6.07, 6.45) is 1.57. The van der Waals surface area contributed by atoms with E-state index >= 15 is 0 Å². The second kappa shape index (κ2) is 6.34. The van der Waals surface area contributed by atoms with Crippen molar-refractivity contribution < 1.29 is 13.6 Å². The van der Waals surface area contributed by atoms with E-state index in [-0.39, 0.29) is 5.91 Å². The van der Waals surface area contributed by atoms with Crippen LogP contribution in [-0.2, 0) is 0 Å². The Kier molecular flexibility index (Phi) is 4.00. The second-order valence-electron chi connectivity index (χ2n) is 5.81. The number of aryl methyl sites for hydroxylation is 2. The molecule has 0 fully saturated rings. The Labute approximate surface area is 152 Å². The van der Waals surface area contributed by atoms with Gasteiger partial charge in [-0.15, -0.1) is 11.3 Å². The predicted molar refractivity (Wildman–Crippen MR) is 98.9 cm³/mol. The lowest BCUT2D eigenvalue weighted by molar-refractivity contribution is 0.103. The minimum absolute atomic E-state index is 0.296. The van der Waals surface area contributed by atoms with Crippen LogP contribution in [0.4, 0.5) is 10.1 Å². The van der Waals surface area contributed by atoms with Crippen molar-refractivity contribution in [2.45, 2.75) is 13.8 Å². The molecule has 26 heavy (non-hydrogen) atoms. The summed E-state index contributed by atoms with van der Waals surface area (Å²) in [6.45, 7) is 3.74. The highest BCUT2D eigenvalue weighted by Crippen LogP contribution is 2.33. The second-order valence-corrected chi connectivity index (χ2v) is 6.81. The number of nitrogens with zero attached hydrogens (tertiary/aromatic N) is 2. The normalized spacial score (nSPS) is 11.0. The average Bonchev–Trinajstić information content (AvgIpc) is 3.23. The third-order valence-electron chi connectivity index (χ3n) is 4.00. The number of hydrogen-bond donors (Lipinski definition) is 1. The molecule has 1 aromatic carbocycles. The summed E-state index contributed by atoms with van der Waals surface area (Å²) in [5.41, 5.74) is 1.99. The molecule has 4 rings (SSSR count). The molecule has 1 amide bonds. The molecule has 3 aromatic heterocycles. The van der Waals surface area contributed by atoms with Gasteiger partial charge in [0.2, 0.25) is 0 Å². The predicted octanol–water partition coefficient (Wildman–Crippen LogP) is 4.96. The van der Waals surface area contributed by atoms with E-state index in [1.807, 2.05) is 13.8 Å². The highest BCUT2D eigenvalue weighted by Gasteiger charge is 2.20. The lowest BCUT2D eigenvalue weighted by atomic mass is 10.1. The van der Waals surface area contributed by atoms with E-state index in [2.05, 4.69) is 15.3 Å². The molecular weight excluding hydrogens is 353 g/mol. The number of nitrogens with one attached hydrogen (secondary N) is 1. The maximum Gasteiger partial charge on any atom is 0.266 e. The Hall–Kier alpha value is -3.06. The van der Waals surface area contributed by atoms with Gasteiger partial charge in [0.05, 0.1) is 16.8 Å². The largest absolute Gasteiger partial charge is 0.461 e. The first kappa shape index (κ1) is 16.4. The fourth-order valence-corrected chi connectivity index (χ4v) is 3.95. The van der Waals surface area contributed by atoms with Crippen LogP contribution in [0.1, 0.15) is 20.9 Å². The molecule has 0 radical (unpaired) electrons. The molecule has 1 N–H and O–H groups in total. The number of fused-ring (bicyclic) bond motifs is 1. The zero-order valence-corrected chi connectivity index (χ0v) is 14.9. The molecule has 3 heterocycles. The molecule has 5 nitrogen and oxygen atoms in total. The van der Waals surface area contributed by atoms with Gasteiger partial charge in [0.15, 0.2) is 11.6 Å². The van der Waals surface area contributed by atoms with Crippen molar-refractivity contribution in [1.29, 1.82) is 0 Å². The lowest BCUT2D eigenvalue weighted by Crippen LogP contribution is -2.11. The van der Waals surface area contributed by atoms with Gasteiger partial charge >= 0.3 is 0 Å². The number of benzene rings is 1. The number of carbonyl (C=O) groups excluding carboxylic acids is 1. The summed E-state index contributed by atoms with van der Waals surface area (Å²) in [6, 6.07) is 9.36. The maximum absolute atomic E-state index is 13.3. The number of anilines is 1. The summed E-state index contributed by atoms with van der Waals surface area (Å²) >= 11 is 1.28. The van der Waals surface area contributed by atoms with Crippen LogP contribution in [0.2, 0.25) is 0 Å². The third-order valence-corrected chi connectivity index (χ3v) is 5.19. The van der Waals surface area contributed by atoms with Gasteiger partial charge in [-0.1, -0.05) is 6.07 Å². The van der Waals surface area contributed by atoms with Gasteiger partial charge in [-0.3, -0.25) is 4.79 Å². The first-order chi connectivity index (χ1) is 12.5. The molecule has 0 aliphatic carbocycles. The summed E-state index contributed by atoms with van der Waals surface area (Å²) in [5.74, 6) is 0.362. The number of halogens is 1. The Balaban J connectivity index is 1.75. The molecule has 0 aliphatic heterocycles. The quantitative estimate of drug-likeness (QED) is 0.556. The number of hydrogen-bond acceptors (Lipinski definition) is 5. The van der Waals surface area contributed by atoms with Crippen LogP contribution in [0.5, 0.6) is 0 Å². The Morgan fingerprint density at radius 1 is 1.19 bits per heavy atom. The van der Waals surface area contributed by atoms with Crippen molar-refractivity contribution in [2.75, 3.05) is 5.32 Å². The van der Waals surface area contributed by atoms with Gasteiger partial charge in [-0.05, 0) is 49.7 Å². The molecular formula is C19H14FN3O2S. The average molecular weight is 367 g/mol. The van der Waals surface area contributed by atoms with Crippen molar-refractivity contribution in [2.24, 2.45) is 0 Å². The maximum atomic E-state index is 13.3. The highest BCUT2D eigenvalue weighted by atomic mass is 32.1. The molecule has 7 heteroatoms. The standard InChI is InChI=1S/C19H14FN3O2S/c1-10-15-11(2)21-17(14-7-4-8-25-14)23-19(15)26-16(10)18(24)22-13-6-3-5-12(20)9-13/h3-9H,1-2H3,(H,22,24). The van der Waals surface area contributed by atoms with Crippen molar-refractivity contribution >= 4 is 33.1 Å². The minimum Gasteiger partial charge on any atom is -0.461 e. The molecule has 0 saturated carbocycles. The zero-order chi connectivity index (χ0) is 18.3. The third kappa shape index (κ3) is 2.86. The summed E-state index contributed by atoms with van der Waals surface area (Å²) in [5, 5.41) is 3.58. The van der Waals surface area contributed by atoms with E-state index in [0.717, 1.165) is 16.6 Å². The number of thiophene rings is 1. The van der Waals surface area contributed by atoms with Crippen molar-refractivity contribution in [3.63, 3.8) is 0 Å². The molecule has 0 bridgehead atoms. The van der Waals surface area contributed by atoms with Gasteiger partial charge < -0.3 is 9.73 Å². The van der Waals surface area contributed by atoms with Gasteiger partial charge in [0.25, 0.3) is 5.91 Å². The molecule has 130 valence electrons. The van der Waals surface area contributed by atoms with Crippen molar-refractivity contribution in [3.05, 3.63) is 64.6 Å². The van der Waals surface area contributed by atoms with Crippen LogP contribution in [-0.4, -0.2) is 15.9 Å². The van der Waals surface area contributed by atoms with E-state index in [4.69, 9.17) is 4.42 Å². The van der Waals surface area contributed by atoms with Crippen LogP contribution >= 0.6 is 11.3 Å². The summed E-state index contributed by atoms with van der Waals surface area (Å²) < 4.78 is 18.7. The van der Waals surface area contributed by atoms with E-state index in [0.29, 0.717) is 27.0 Å². The molecule has 0 atom stereocenters. The lowest BCUT2D eigenvalue weighted by Gasteiger charge is -2.04. The van der Waals surface area contributed by atoms with Gasteiger partial charge in [-0.25, -0.2) is 14.4 Å². The molecule has 0 spiro atoms. The van der Waals surface area contributed by atoms with Crippen LogP contribution in [0.15, 0.2) is 47.1 Å². The van der Waals surface area contributed by atoms with E-state index in [9.17, 15) is 9.18 Å². The number of carbonyl (C=O) groups is 1. The van der Waals surface area contributed by atoms with Crippen LogP contribution in [0.3, 0.4) is 0 Å². The highest BCUT2D eigenvalue weighted by molar-refractivity contribution is 7.20. The minimum atomic E-state index is -0.402. The Morgan fingerprint density at radius 2 is 2.04 bits per heavy atom. The number of furan rings is 1. The summed E-state index contributed by atoms with van der Waals surface area (Å²) in [4.78, 5) is 22.9. The van der Waals surface area contributed by atoms with Crippen LogP contribution in [0.25, 0.3) is 21.8 Å². The fourth-order valence-electron chi connectivity index (χ4n) is 2.83. The van der Waals surface area contributed by atoms with Gasteiger partial charge in [0.1, 0.15) is 10.6 Å². The first-order valence-corrected chi connectivity index (χ1v) is 8.73. The van der Waals surface area contributed by atoms with Crippen LogP contribution in [0, 0.1) is 19.7 Å². The molecule has 0 saturated heterocycles. The van der Waals surface area contributed by atoms with Gasteiger partial charge in [-0.2, -0.15) is 0 Å². The number of amides is 1. The van der Waals surface area contributed by atoms with Crippen molar-refractivity contribution in [1.82, 2.24) is 9.97 Å². The zero-order valence-electron chi connectivity index (χ0n) is 14.0. The molecule has 0 aliphatic rings. The van der Waals surface area contributed by atoms with E-state index in [1.165, 1.54) is 23.5 Å². The van der Waals surface area contributed by atoms with Crippen molar-refractivity contribution in [3.8, 4) is 11.6 Å². The smallest absolute Gasteiger partial charge is 0.266 e. The Bertz CT molecular complexity index is 1120. The monoisotopic (exact) mass is 367 g/mol.